The van der Waals surface area contributed by atoms with Crippen molar-refractivity contribution in [3.63, 3.8) is 0 Å². The van der Waals surface area contributed by atoms with Gasteiger partial charge in [0.2, 0.25) is 0 Å². The van der Waals surface area contributed by atoms with Crippen molar-refractivity contribution < 1.29 is 9.72 Å². The Bertz CT molecular complexity index is 774. The second-order valence-electron chi connectivity index (χ2n) is 5.76. The van der Waals surface area contributed by atoms with Gasteiger partial charge in [-0.1, -0.05) is 0 Å². The smallest absolute Gasteiger partial charge is 0.288 e. The molecule has 0 aromatic carbocycles. The highest BCUT2D eigenvalue weighted by molar-refractivity contribution is 7.09. The number of hydrogen-bond acceptors (Lipinski definition) is 8. The zero-order valence-electron chi connectivity index (χ0n) is 13.7. The number of pyridine rings is 1. The molecule has 25 heavy (non-hydrogen) atoms. The lowest BCUT2D eigenvalue weighted by molar-refractivity contribution is -0.385. The Balaban J connectivity index is 1.74. The Morgan fingerprint density at radius 3 is 2.64 bits per heavy atom. The maximum absolute atomic E-state index is 11.7. The molecule has 1 saturated heterocycles. The van der Waals surface area contributed by atoms with Gasteiger partial charge in [-0.15, -0.1) is 11.3 Å². The number of nitrogens with zero attached hydrogens (tertiary/aromatic N) is 5. The molecule has 1 atom stereocenters. The van der Waals surface area contributed by atoms with E-state index < -0.39 is 10.8 Å². The minimum absolute atomic E-state index is 0.0793. The summed E-state index contributed by atoms with van der Waals surface area (Å²) in [4.78, 5) is 34.7. The Morgan fingerprint density at radius 1 is 1.36 bits per heavy atom. The summed E-state index contributed by atoms with van der Waals surface area (Å²) in [6.07, 6.45) is 2.96. The summed E-state index contributed by atoms with van der Waals surface area (Å²) in [5.74, 6) is -0.315. The van der Waals surface area contributed by atoms with Gasteiger partial charge in [0.15, 0.2) is 0 Å². The van der Waals surface area contributed by atoms with Crippen LogP contribution in [0.1, 0.15) is 28.3 Å². The fraction of sp³-hybridized carbons (Fsp3) is 0.400. The van der Waals surface area contributed by atoms with E-state index >= 15 is 0 Å². The third kappa shape index (κ3) is 3.59. The summed E-state index contributed by atoms with van der Waals surface area (Å²) in [5.41, 5.74) is 5.22. The molecule has 1 aliphatic rings. The van der Waals surface area contributed by atoms with Gasteiger partial charge in [0.25, 0.3) is 11.6 Å². The van der Waals surface area contributed by atoms with Crippen LogP contribution in [-0.2, 0) is 0 Å². The number of anilines is 1. The Hall–Kier alpha value is -2.59. The second kappa shape index (κ2) is 7.11. The minimum atomic E-state index is -0.718. The molecule has 1 fully saturated rings. The van der Waals surface area contributed by atoms with Crippen molar-refractivity contribution in [3.8, 4) is 0 Å². The molecule has 1 amide bonds. The number of nitro groups is 1. The largest absolute Gasteiger partial charge is 0.365 e. The molecule has 132 valence electrons. The summed E-state index contributed by atoms with van der Waals surface area (Å²) >= 11 is 1.63. The Labute approximate surface area is 148 Å². The molecule has 0 saturated carbocycles. The highest BCUT2D eigenvalue weighted by Gasteiger charge is 2.27. The summed E-state index contributed by atoms with van der Waals surface area (Å²) < 4.78 is 0. The number of thiazole rings is 1. The molecule has 0 spiro atoms. The first kappa shape index (κ1) is 17.2. The highest BCUT2D eigenvalue weighted by atomic mass is 32.1. The van der Waals surface area contributed by atoms with Gasteiger partial charge in [0, 0.05) is 43.8 Å². The van der Waals surface area contributed by atoms with Crippen LogP contribution in [-0.4, -0.2) is 51.9 Å². The first-order valence-electron chi connectivity index (χ1n) is 7.80. The van der Waals surface area contributed by atoms with Gasteiger partial charge in [-0.3, -0.25) is 19.8 Å². The zero-order valence-corrected chi connectivity index (χ0v) is 14.5. The van der Waals surface area contributed by atoms with Gasteiger partial charge in [-0.2, -0.15) is 0 Å². The van der Waals surface area contributed by atoms with Gasteiger partial charge >= 0.3 is 0 Å². The van der Waals surface area contributed by atoms with Crippen molar-refractivity contribution in [2.45, 2.75) is 13.0 Å². The monoisotopic (exact) mass is 362 g/mol. The SMILES string of the molecule is CC(c1nccs1)N1CCN(c2ncc([N+](=O)[O-])cc2C(N)=O)CC1. The number of aromatic nitrogens is 2. The predicted octanol–water partition coefficient (Wildman–Crippen LogP) is 1.43. The van der Waals surface area contributed by atoms with Gasteiger partial charge in [0.1, 0.15) is 17.0 Å². The van der Waals surface area contributed by atoms with E-state index in [0.717, 1.165) is 24.3 Å². The molecule has 1 aliphatic heterocycles. The van der Waals surface area contributed by atoms with E-state index in [1.807, 2.05) is 10.3 Å². The summed E-state index contributed by atoms with van der Waals surface area (Å²) in [6.45, 7) is 4.98. The molecule has 0 radical (unpaired) electrons. The normalized spacial score (nSPS) is 16.6. The molecular weight excluding hydrogens is 344 g/mol. The van der Waals surface area contributed by atoms with Crippen LogP contribution in [0, 0.1) is 10.1 Å². The molecule has 1 unspecified atom stereocenters. The lowest BCUT2D eigenvalue weighted by Crippen LogP contribution is -2.48. The average molecular weight is 362 g/mol. The van der Waals surface area contributed by atoms with Crippen molar-refractivity contribution in [2.75, 3.05) is 31.1 Å². The second-order valence-corrected chi connectivity index (χ2v) is 6.68. The fourth-order valence-corrected chi connectivity index (χ4v) is 3.63. The van der Waals surface area contributed by atoms with Gasteiger partial charge in [-0.25, -0.2) is 9.97 Å². The van der Waals surface area contributed by atoms with E-state index in [1.54, 1.807) is 17.5 Å². The molecule has 9 nitrogen and oxygen atoms in total. The first-order chi connectivity index (χ1) is 12.0. The van der Waals surface area contributed by atoms with Crippen LogP contribution in [0.2, 0.25) is 0 Å². The summed E-state index contributed by atoms with van der Waals surface area (Å²) in [7, 11) is 0. The zero-order chi connectivity index (χ0) is 18.0. The van der Waals surface area contributed by atoms with Crippen LogP contribution in [0.5, 0.6) is 0 Å². The third-order valence-electron chi connectivity index (χ3n) is 4.30. The first-order valence-corrected chi connectivity index (χ1v) is 8.68. The Morgan fingerprint density at radius 2 is 2.08 bits per heavy atom. The van der Waals surface area contributed by atoms with Crippen molar-refractivity contribution in [3.05, 3.63) is 44.5 Å². The van der Waals surface area contributed by atoms with Crippen molar-refractivity contribution in [1.82, 2.24) is 14.9 Å². The third-order valence-corrected chi connectivity index (χ3v) is 5.24. The molecule has 10 heteroatoms. The van der Waals surface area contributed by atoms with E-state index in [-0.39, 0.29) is 17.3 Å². The molecule has 2 N–H and O–H groups in total. The Kier molecular flexibility index (Phi) is 4.91. The topological polar surface area (TPSA) is 118 Å². The molecule has 2 aromatic heterocycles. The number of amides is 1. The van der Waals surface area contributed by atoms with Crippen LogP contribution in [0.4, 0.5) is 11.5 Å². The maximum atomic E-state index is 11.7. The molecule has 3 heterocycles. The fourth-order valence-electron chi connectivity index (χ4n) is 2.90. The van der Waals surface area contributed by atoms with Crippen LogP contribution < -0.4 is 10.6 Å². The number of piperazine rings is 1. The van der Waals surface area contributed by atoms with Crippen molar-refractivity contribution >= 4 is 28.7 Å². The summed E-state index contributed by atoms with van der Waals surface area (Å²) in [6, 6.07) is 1.41. The standard InChI is InChI=1S/C15H18N6O3S/c1-10(15-17-2-7-25-15)19-3-5-20(6-4-19)14-12(13(16)22)8-11(9-18-14)21(23)24/h2,7-10H,3-6H2,1H3,(H2,16,22). The van der Waals surface area contributed by atoms with E-state index in [9.17, 15) is 14.9 Å². The van der Waals surface area contributed by atoms with Crippen LogP contribution in [0.15, 0.2) is 23.8 Å². The van der Waals surface area contributed by atoms with E-state index in [1.165, 1.54) is 6.07 Å². The molecule has 2 aromatic rings. The number of primary amides is 1. The molecule has 0 bridgehead atoms. The molecular formula is C15H18N6O3S. The van der Waals surface area contributed by atoms with Gasteiger partial charge in [-0.05, 0) is 6.92 Å². The number of carbonyl (C=O) groups is 1. The lowest BCUT2D eigenvalue weighted by atomic mass is 10.2. The number of nitrogens with two attached hydrogens (primary N) is 1. The van der Waals surface area contributed by atoms with Gasteiger partial charge < -0.3 is 10.6 Å². The van der Waals surface area contributed by atoms with Gasteiger partial charge in [0.05, 0.1) is 16.5 Å². The van der Waals surface area contributed by atoms with Crippen molar-refractivity contribution in [1.29, 1.82) is 0 Å². The maximum Gasteiger partial charge on any atom is 0.288 e. The highest BCUT2D eigenvalue weighted by Crippen LogP contribution is 2.27. The van der Waals surface area contributed by atoms with E-state index in [2.05, 4.69) is 21.8 Å². The van der Waals surface area contributed by atoms with Crippen LogP contribution in [0.25, 0.3) is 0 Å². The number of carbonyl (C=O) groups excluding carboxylic acids is 1. The average Bonchev–Trinajstić information content (AvgIpc) is 3.15. The lowest BCUT2D eigenvalue weighted by Gasteiger charge is -2.38. The predicted molar refractivity (Wildman–Crippen MR) is 93.7 cm³/mol. The molecule has 3 rings (SSSR count). The van der Waals surface area contributed by atoms with E-state index in [0.29, 0.717) is 18.9 Å². The molecule has 0 aliphatic carbocycles. The van der Waals surface area contributed by atoms with Crippen LogP contribution >= 0.6 is 11.3 Å². The van der Waals surface area contributed by atoms with Crippen molar-refractivity contribution in [2.24, 2.45) is 5.73 Å². The minimum Gasteiger partial charge on any atom is -0.365 e. The number of rotatable bonds is 5. The number of hydrogen-bond donors (Lipinski definition) is 1. The summed E-state index contributed by atoms with van der Waals surface area (Å²) in [5, 5.41) is 13.9. The quantitative estimate of drug-likeness (QED) is 0.631. The van der Waals surface area contributed by atoms with Crippen LogP contribution in [0.3, 0.4) is 0 Å². The van der Waals surface area contributed by atoms with E-state index in [4.69, 9.17) is 5.73 Å².